The maximum Gasteiger partial charge on any atom is 0.411 e. The molecule has 0 aliphatic carbocycles. The number of thiazole rings is 1. The Morgan fingerprint density at radius 2 is 1.94 bits per heavy atom. The molecule has 4 rings (SSSR count). The van der Waals surface area contributed by atoms with Crippen molar-refractivity contribution in [1.29, 1.82) is 0 Å². The summed E-state index contributed by atoms with van der Waals surface area (Å²) in [7, 11) is 0. The van der Waals surface area contributed by atoms with Crippen LogP contribution in [0.4, 0.5) is 10.5 Å². The lowest BCUT2D eigenvalue weighted by atomic mass is 10.1. The molecule has 0 unspecified atom stereocenters. The zero-order valence-electron chi connectivity index (χ0n) is 18.1. The Bertz CT molecular complexity index is 1350. The zero-order chi connectivity index (χ0) is 23.9. The Labute approximate surface area is 202 Å². The summed E-state index contributed by atoms with van der Waals surface area (Å²) < 4.78 is 15.5. The predicted molar refractivity (Wildman–Crippen MR) is 130 cm³/mol. The molecule has 0 fully saturated rings. The fourth-order valence-corrected chi connectivity index (χ4v) is 4.56. The number of amides is 1. The van der Waals surface area contributed by atoms with Crippen molar-refractivity contribution in [3.8, 4) is 0 Å². The molecule has 1 N–H and O–H groups in total. The minimum atomic E-state index is -0.609. The molecule has 8 nitrogen and oxygen atoms in total. The van der Waals surface area contributed by atoms with E-state index in [0.717, 1.165) is 16.3 Å². The first-order chi connectivity index (χ1) is 16.5. The minimum Gasteiger partial charge on any atom is -0.457 e. The van der Waals surface area contributed by atoms with E-state index in [0.29, 0.717) is 22.2 Å². The molecule has 10 heteroatoms. The number of rotatable bonds is 8. The summed E-state index contributed by atoms with van der Waals surface area (Å²) >= 11 is 3.19. The van der Waals surface area contributed by atoms with Gasteiger partial charge in [0, 0.05) is 44.8 Å². The van der Waals surface area contributed by atoms with Gasteiger partial charge in [-0.3, -0.25) is 5.32 Å². The fourth-order valence-electron chi connectivity index (χ4n) is 3.09. The molecular weight excluding hydrogens is 476 g/mol. The highest BCUT2D eigenvalue weighted by molar-refractivity contribution is 7.98. The van der Waals surface area contributed by atoms with Crippen LogP contribution >= 0.6 is 23.1 Å². The summed E-state index contributed by atoms with van der Waals surface area (Å²) in [6.07, 6.45) is -0.609. The van der Waals surface area contributed by atoms with Crippen LogP contribution in [0.15, 0.2) is 73.5 Å². The summed E-state index contributed by atoms with van der Waals surface area (Å²) in [5, 5.41) is 5.15. The van der Waals surface area contributed by atoms with E-state index in [1.54, 1.807) is 59.8 Å². The Morgan fingerprint density at radius 3 is 2.68 bits per heavy atom. The van der Waals surface area contributed by atoms with E-state index in [1.165, 1.54) is 12.1 Å². The van der Waals surface area contributed by atoms with E-state index in [1.807, 2.05) is 17.5 Å². The molecule has 4 aromatic rings. The topological polar surface area (TPSA) is 108 Å². The third-order valence-electron chi connectivity index (χ3n) is 4.67. The number of aromatic nitrogens is 1. The van der Waals surface area contributed by atoms with Gasteiger partial charge in [-0.25, -0.2) is 19.4 Å². The van der Waals surface area contributed by atoms with Gasteiger partial charge in [-0.2, -0.15) is 0 Å². The SMILES string of the molecule is CCOC(=O)Nc1ccc2c(COC(=O)c3ccc(SCc4cscn4)cc3)cc(=O)oc2c1. The zero-order valence-corrected chi connectivity index (χ0v) is 19.7. The lowest BCUT2D eigenvalue weighted by Crippen LogP contribution is -2.13. The summed E-state index contributed by atoms with van der Waals surface area (Å²) in [6.45, 7) is 1.83. The van der Waals surface area contributed by atoms with Crippen LogP contribution in [0.2, 0.25) is 0 Å². The van der Waals surface area contributed by atoms with E-state index in [9.17, 15) is 14.4 Å². The number of hydrogen-bond donors (Lipinski definition) is 1. The minimum absolute atomic E-state index is 0.105. The Morgan fingerprint density at radius 1 is 1.12 bits per heavy atom. The van der Waals surface area contributed by atoms with Crippen molar-refractivity contribution < 1.29 is 23.5 Å². The van der Waals surface area contributed by atoms with Gasteiger partial charge in [-0.15, -0.1) is 23.1 Å². The number of anilines is 1. The van der Waals surface area contributed by atoms with Gasteiger partial charge in [0.25, 0.3) is 0 Å². The number of nitrogens with one attached hydrogen (secondary N) is 1. The van der Waals surface area contributed by atoms with Gasteiger partial charge in [-0.05, 0) is 43.3 Å². The lowest BCUT2D eigenvalue weighted by molar-refractivity contribution is 0.0473. The molecule has 0 bridgehead atoms. The van der Waals surface area contributed by atoms with E-state index in [2.05, 4.69) is 10.3 Å². The molecule has 0 atom stereocenters. The Kier molecular flexibility index (Phi) is 7.61. The first-order valence-electron chi connectivity index (χ1n) is 10.3. The summed E-state index contributed by atoms with van der Waals surface area (Å²) in [5.41, 5.74) is 3.80. The van der Waals surface area contributed by atoms with Gasteiger partial charge in [-0.1, -0.05) is 0 Å². The number of thioether (sulfide) groups is 1. The van der Waals surface area contributed by atoms with Crippen molar-refractivity contribution in [2.24, 2.45) is 0 Å². The number of nitrogens with zero attached hydrogens (tertiary/aromatic N) is 1. The number of benzene rings is 2. The Hall–Kier alpha value is -3.63. The maximum absolute atomic E-state index is 12.5. The van der Waals surface area contributed by atoms with Crippen molar-refractivity contribution in [3.05, 3.63) is 86.7 Å². The number of carbonyl (C=O) groups is 2. The van der Waals surface area contributed by atoms with Gasteiger partial charge < -0.3 is 13.9 Å². The molecule has 0 radical (unpaired) electrons. The molecule has 2 aromatic carbocycles. The number of esters is 1. The molecule has 0 spiro atoms. The standard InChI is InChI=1S/C24H20N2O6S2/c1-2-30-24(29)26-17-5-8-20-16(9-22(27)32-21(20)10-17)11-31-23(28)15-3-6-19(7-4-15)34-13-18-12-33-14-25-18/h3-10,12,14H,2,11,13H2,1H3,(H,26,29). The van der Waals surface area contributed by atoms with Gasteiger partial charge in [0.05, 0.1) is 23.4 Å². The third kappa shape index (κ3) is 6.03. The van der Waals surface area contributed by atoms with Crippen LogP contribution in [0.25, 0.3) is 11.0 Å². The summed E-state index contributed by atoms with van der Waals surface area (Å²) in [6, 6.07) is 13.3. The second-order valence-corrected chi connectivity index (χ2v) is 8.78. The number of ether oxygens (including phenoxy) is 2. The lowest BCUT2D eigenvalue weighted by Gasteiger charge is -2.09. The molecule has 174 valence electrons. The fraction of sp³-hybridized carbons (Fsp3) is 0.167. The van der Waals surface area contributed by atoms with Gasteiger partial charge in [0.1, 0.15) is 12.2 Å². The number of hydrogen-bond acceptors (Lipinski definition) is 9. The number of fused-ring (bicyclic) bond motifs is 1. The monoisotopic (exact) mass is 496 g/mol. The van der Waals surface area contributed by atoms with Crippen molar-refractivity contribution >= 4 is 51.8 Å². The predicted octanol–water partition coefficient (Wildman–Crippen LogP) is 5.47. The van der Waals surface area contributed by atoms with Crippen LogP contribution in [-0.2, 0) is 21.8 Å². The molecule has 2 heterocycles. The summed E-state index contributed by atoms with van der Waals surface area (Å²) in [5.74, 6) is 0.256. The third-order valence-corrected chi connectivity index (χ3v) is 6.35. The molecule has 34 heavy (non-hydrogen) atoms. The molecule has 0 saturated heterocycles. The first kappa shape index (κ1) is 23.5. The highest BCUT2D eigenvalue weighted by atomic mass is 32.2. The van der Waals surface area contributed by atoms with Crippen LogP contribution in [0, 0.1) is 0 Å². The molecule has 2 aromatic heterocycles. The summed E-state index contributed by atoms with van der Waals surface area (Å²) in [4.78, 5) is 41.4. The Balaban J connectivity index is 1.41. The van der Waals surface area contributed by atoms with E-state index in [-0.39, 0.29) is 18.8 Å². The maximum atomic E-state index is 12.5. The van der Waals surface area contributed by atoms with Crippen LogP contribution in [-0.4, -0.2) is 23.7 Å². The van der Waals surface area contributed by atoms with Crippen LogP contribution < -0.4 is 10.9 Å². The molecule has 0 aliphatic rings. The van der Waals surface area contributed by atoms with Crippen LogP contribution in [0.5, 0.6) is 0 Å². The highest BCUT2D eigenvalue weighted by Gasteiger charge is 2.12. The van der Waals surface area contributed by atoms with Crippen molar-refractivity contribution in [3.63, 3.8) is 0 Å². The van der Waals surface area contributed by atoms with E-state index >= 15 is 0 Å². The average molecular weight is 497 g/mol. The average Bonchev–Trinajstić information content (AvgIpc) is 3.35. The molecule has 1 amide bonds. The highest BCUT2D eigenvalue weighted by Crippen LogP contribution is 2.24. The molecular formula is C24H20N2O6S2. The second kappa shape index (κ2) is 11.0. The first-order valence-corrected chi connectivity index (χ1v) is 12.2. The van der Waals surface area contributed by atoms with Crippen molar-refractivity contribution in [2.75, 3.05) is 11.9 Å². The normalized spacial score (nSPS) is 10.7. The van der Waals surface area contributed by atoms with Gasteiger partial charge >= 0.3 is 17.7 Å². The quantitative estimate of drug-likeness (QED) is 0.194. The van der Waals surface area contributed by atoms with E-state index in [4.69, 9.17) is 13.9 Å². The van der Waals surface area contributed by atoms with Crippen LogP contribution in [0.1, 0.15) is 28.5 Å². The largest absolute Gasteiger partial charge is 0.457 e. The van der Waals surface area contributed by atoms with Crippen molar-refractivity contribution in [1.82, 2.24) is 4.98 Å². The molecule has 0 saturated carbocycles. The van der Waals surface area contributed by atoms with E-state index < -0.39 is 17.7 Å². The number of carbonyl (C=O) groups excluding carboxylic acids is 2. The van der Waals surface area contributed by atoms with Gasteiger partial charge in [0.15, 0.2) is 0 Å². The van der Waals surface area contributed by atoms with Gasteiger partial charge in [0.2, 0.25) is 0 Å². The molecule has 0 aliphatic heterocycles. The van der Waals surface area contributed by atoms with Crippen molar-refractivity contribution in [2.45, 2.75) is 24.2 Å². The van der Waals surface area contributed by atoms with Crippen LogP contribution in [0.3, 0.4) is 0 Å². The smallest absolute Gasteiger partial charge is 0.411 e. The second-order valence-electron chi connectivity index (χ2n) is 7.02.